The van der Waals surface area contributed by atoms with Gasteiger partial charge in [0.15, 0.2) is 0 Å². The third-order valence-corrected chi connectivity index (χ3v) is 3.78. The summed E-state index contributed by atoms with van der Waals surface area (Å²) in [6.07, 6.45) is -2.77. The highest BCUT2D eigenvalue weighted by molar-refractivity contribution is 5.94. The number of halogens is 3. The highest BCUT2D eigenvalue weighted by atomic mass is 19.4. The van der Waals surface area contributed by atoms with Crippen LogP contribution in [0.15, 0.2) is 71.9 Å². The van der Waals surface area contributed by atoms with Gasteiger partial charge >= 0.3 is 18.0 Å². The molecule has 8 heteroatoms. The lowest BCUT2D eigenvalue weighted by molar-refractivity contribution is -0.361. The van der Waals surface area contributed by atoms with Gasteiger partial charge in [0.1, 0.15) is 0 Å². The van der Waals surface area contributed by atoms with E-state index in [9.17, 15) is 13.2 Å². The molecule has 6 N–H and O–H groups in total. The van der Waals surface area contributed by atoms with Gasteiger partial charge in [-0.1, -0.05) is 24.3 Å². The average Bonchev–Trinajstić information content (AvgIpc) is 2.62. The SMILES string of the molecule is NC(=Nc1ccc(-c2ccc(N)cc2)c[nH+]1)Nc1ccccc1C(F)(F)F. The summed E-state index contributed by atoms with van der Waals surface area (Å²) in [5.41, 5.74) is 13.0. The number of aromatic nitrogens is 1. The van der Waals surface area contributed by atoms with Crippen molar-refractivity contribution in [2.75, 3.05) is 11.1 Å². The molecule has 3 rings (SSSR count). The van der Waals surface area contributed by atoms with Gasteiger partial charge in [0.2, 0.25) is 0 Å². The minimum atomic E-state index is -4.49. The van der Waals surface area contributed by atoms with E-state index >= 15 is 0 Å². The monoisotopic (exact) mass is 372 g/mol. The third kappa shape index (κ3) is 4.55. The van der Waals surface area contributed by atoms with Crippen molar-refractivity contribution in [2.45, 2.75) is 6.18 Å². The number of nitrogens with zero attached hydrogens (tertiary/aromatic N) is 1. The Morgan fingerprint density at radius 1 is 0.926 bits per heavy atom. The fraction of sp³-hybridized carbons (Fsp3) is 0.0526. The molecule has 0 aliphatic heterocycles. The summed E-state index contributed by atoms with van der Waals surface area (Å²) in [6, 6.07) is 15.9. The molecule has 27 heavy (non-hydrogen) atoms. The molecule has 1 aromatic heterocycles. The first-order chi connectivity index (χ1) is 12.8. The number of nitrogen functional groups attached to an aromatic ring is 1. The molecule has 0 fully saturated rings. The number of nitrogens with two attached hydrogens (primary N) is 2. The second-order valence-corrected chi connectivity index (χ2v) is 5.75. The first-order valence-electron chi connectivity index (χ1n) is 7.98. The molecule has 0 aliphatic carbocycles. The number of hydrogen-bond donors (Lipinski definition) is 3. The zero-order valence-electron chi connectivity index (χ0n) is 14.1. The molecular weight excluding hydrogens is 355 g/mol. The second kappa shape index (κ2) is 7.36. The lowest BCUT2D eigenvalue weighted by Crippen LogP contribution is -2.24. The topological polar surface area (TPSA) is 90.6 Å². The van der Waals surface area contributed by atoms with Gasteiger partial charge < -0.3 is 16.8 Å². The Labute approximate surface area is 153 Å². The Kier molecular flexibility index (Phi) is 4.98. The van der Waals surface area contributed by atoms with Crippen molar-refractivity contribution in [3.8, 4) is 11.1 Å². The number of aromatic amines is 1. The van der Waals surface area contributed by atoms with Crippen molar-refractivity contribution >= 4 is 23.2 Å². The Morgan fingerprint density at radius 3 is 2.22 bits per heavy atom. The van der Waals surface area contributed by atoms with Gasteiger partial charge in [0.25, 0.3) is 0 Å². The average molecular weight is 372 g/mol. The van der Waals surface area contributed by atoms with E-state index in [1.165, 1.54) is 18.2 Å². The van der Waals surface area contributed by atoms with E-state index in [-0.39, 0.29) is 11.6 Å². The molecule has 0 radical (unpaired) electrons. The summed E-state index contributed by atoms with van der Waals surface area (Å²) >= 11 is 0. The number of alkyl halides is 3. The van der Waals surface area contributed by atoms with Crippen LogP contribution in [0.25, 0.3) is 11.1 Å². The van der Waals surface area contributed by atoms with Crippen molar-refractivity contribution in [1.82, 2.24) is 0 Å². The fourth-order valence-electron chi connectivity index (χ4n) is 2.48. The quantitative estimate of drug-likeness (QED) is 0.371. The van der Waals surface area contributed by atoms with Crippen LogP contribution in [0.5, 0.6) is 0 Å². The predicted molar refractivity (Wildman–Crippen MR) is 99.2 cm³/mol. The molecule has 138 valence electrons. The molecule has 3 aromatic rings. The van der Waals surface area contributed by atoms with Crippen LogP contribution in [0.2, 0.25) is 0 Å². The van der Waals surface area contributed by atoms with Gasteiger partial charge in [0.05, 0.1) is 17.4 Å². The van der Waals surface area contributed by atoms with Gasteiger partial charge in [-0.2, -0.15) is 13.2 Å². The maximum absolute atomic E-state index is 13.0. The number of aliphatic imine (C=N–C) groups is 1. The lowest BCUT2D eigenvalue weighted by Gasteiger charge is -2.12. The number of guanidine groups is 1. The molecule has 0 unspecified atom stereocenters. The largest absolute Gasteiger partial charge is 0.418 e. The van der Waals surface area contributed by atoms with Crippen molar-refractivity contribution < 1.29 is 18.2 Å². The summed E-state index contributed by atoms with van der Waals surface area (Å²) in [7, 11) is 0. The van der Waals surface area contributed by atoms with Crippen LogP contribution < -0.4 is 21.8 Å². The van der Waals surface area contributed by atoms with Crippen LogP contribution in [0.4, 0.5) is 30.4 Å². The van der Waals surface area contributed by atoms with Crippen LogP contribution in [-0.2, 0) is 6.18 Å². The van der Waals surface area contributed by atoms with E-state index in [1.54, 1.807) is 24.4 Å². The van der Waals surface area contributed by atoms with Crippen LogP contribution >= 0.6 is 0 Å². The van der Waals surface area contributed by atoms with Gasteiger partial charge in [0, 0.05) is 17.3 Å². The highest BCUT2D eigenvalue weighted by Gasteiger charge is 2.33. The first-order valence-corrected chi connectivity index (χ1v) is 7.98. The van der Waals surface area contributed by atoms with Crippen LogP contribution in [-0.4, -0.2) is 5.96 Å². The summed E-state index contributed by atoms with van der Waals surface area (Å²) < 4.78 is 39.1. The summed E-state index contributed by atoms with van der Waals surface area (Å²) in [6.45, 7) is 0. The van der Waals surface area contributed by atoms with E-state index in [0.717, 1.165) is 17.2 Å². The molecule has 0 spiro atoms. The minimum absolute atomic E-state index is 0.162. The molecular formula is C19H17F3N5+. The normalized spacial score (nSPS) is 12.0. The zero-order chi connectivity index (χ0) is 19.4. The number of H-pyrrole nitrogens is 1. The van der Waals surface area contributed by atoms with Crippen LogP contribution in [0, 0.1) is 0 Å². The molecule has 2 aromatic carbocycles. The summed E-state index contributed by atoms with van der Waals surface area (Å²) in [5, 5.41) is 2.49. The van der Waals surface area contributed by atoms with Crippen LogP contribution in [0.1, 0.15) is 5.56 Å². The van der Waals surface area contributed by atoms with Gasteiger partial charge in [-0.25, -0.2) is 4.98 Å². The van der Waals surface area contributed by atoms with Gasteiger partial charge in [-0.15, -0.1) is 0 Å². The number of anilines is 2. The number of hydrogen-bond acceptors (Lipinski definition) is 2. The standard InChI is InChI=1S/C19H16F3N5/c20-19(21,22)15-3-1-2-4-16(15)26-18(24)27-17-10-7-13(11-25-17)12-5-8-14(23)9-6-12/h1-11H,23H2,(H3,24,25,26,27)/p+1. The molecule has 0 saturated carbocycles. The molecule has 0 atom stereocenters. The second-order valence-electron chi connectivity index (χ2n) is 5.75. The molecule has 0 bridgehead atoms. The molecule has 0 aliphatic rings. The zero-order valence-corrected chi connectivity index (χ0v) is 14.1. The Bertz CT molecular complexity index is 948. The molecule has 0 saturated heterocycles. The summed E-state index contributed by atoms with van der Waals surface area (Å²) in [5.74, 6) is 0.229. The van der Waals surface area contributed by atoms with Gasteiger partial charge in [-0.05, 0) is 40.9 Å². The van der Waals surface area contributed by atoms with Crippen molar-refractivity contribution in [3.63, 3.8) is 0 Å². The van der Waals surface area contributed by atoms with Gasteiger partial charge in [-0.3, -0.25) is 0 Å². The Morgan fingerprint density at radius 2 is 1.59 bits per heavy atom. The highest BCUT2D eigenvalue weighted by Crippen LogP contribution is 2.34. The smallest absolute Gasteiger partial charge is 0.399 e. The number of pyridine rings is 1. The number of para-hydroxylation sites is 1. The van der Waals surface area contributed by atoms with E-state index in [4.69, 9.17) is 11.5 Å². The Balaban J connectivity index is 1.78. The predicted octanol–water partition coefficient (Wildman–Crippen LogP) is 3.83. The number of rotatable bonds is 3. The molecule has 5 nitrogen and oxygen atoms in total. The van der Waals surface area contributed by atoms with E-state index < -0.39 is 11.7 Å². The minimum Gasteiger partial charge on any atom is -0.399 e. The van der Waals surface area contributed by atoms with Crippen molar-refractivity contribution in [2.24, 2.45) is 10.7 Å². The van der Waals surface area contributed by atoms with E-state index in [0.29, 0.717) is 11.5 Å². The number of nitrogens with one attached hydrogen (secondary N) is 2. The van der Waals surface area contributed by atoms with E-state index in [2.05, 4.69) is 15.3 Å². The van der Waals surface area contributed by atoms with E-state index in [1.807, 2.05) is 18.2 Å². The Hall–Kier alpha value is -3.55. The number of benzene rings is 2. The van der Waals surface area contributed by atoms with Crippen molar-refractivity contribution in [1.29, 1.82) is 0 Å². The molecule has 1 heterocycles. The lowest BCUT2D eigenvalue weighted by atomic mass is 10.1. The third-order valence-electron chi connectivity index (χ3n) is 3.78. The fourth-order valence-corrected chi connectivity index (χ4v) is 2.48. The first kappa shape index (κ1) is 18.2. The summed E-state index contributed by atoms with van der Waals surface area (Å²) in [4.78, 5) is 7.02. The van der Waals surface area contributed by atoms with Crippen molar-refractivity contribution in [3.05, 3.63) is 72.4 Å². The molecule has 0 amide bonds. The van der Waals surface area contributed by atoms with Crippen LogP contribution in [0.3, 0.4) is 0 Å². The maximum Gasteiger partial charge on any atom is 0.418 e. The maximum atomic E-state index is 13.0.